The maximum atomic E-state index is 13.4. The molecule has 1 saturated heterocycles. The summed E-state index contributed by atoms with van der Waals surface area (Å²) in [5.74, 6) is -0.856. The first-order valence-corrected chi connectivity index (χ1v) is 11.8. The molecule has 2 amide bonds. The molecule has 1 aliphatic heterocycles. The Morgan fingerprint density at radius 2 is 1.81 bits per heavy atom. The Bertz CT molecular complexity index is 1110. The van der Waals surface area contributed by atoms with Gasteiger partial charge in [-0.3, -0.25) is 19.8 Å². The van der Waals surface area contributed by atoms with Crippen LogP contribution in [0.4, 0.5) is 5.69 Å². The number of nitrogens with zero attached hydrogens (tertiary/aromatic N) is 2. The summed E-state index contributed by atoms with van der Waals surface area (Å²) in [5, 5.41) is 2.79. The van der Waals surface area contributed by atoms with Crippen molar-refractivity contribution in [2.75, 3.05) is 4.90 Å². The van der Waals surface area contributed by atoms with Crippen molar-refractivity contribution >= 4 is 56.8 Å². The van der Waals surface area contributed by atoms with Gasteiger partial charge in [0.15, 0.2) is 5.11 Å². The van der Waals surface area contributed by atoms with Crippen molar-refractivity contribution in [1.82, 2.24) is 9.88 Å². The summed E-state index contributed by atoms with van der Waals surface area (Å²) < 4.78 is 3.29. The van der Waals surface area contributed by atoms with E-state index in [1.165, 1.54) is 37.0 Å². The lowest BCUT2D eigenvalue weighted by Gasteiger charge is -2.30. The second-order valence-corrected chi connectivity index (χ2v) is 9.68. The minimum atomic E-state index is -0.455. The summed E-state index contributed by atoms with van der Waals surface area (Å²) in [5.41, 5.74) is 4.81. The van der Waals surface area contributed by atoms with Crippen molar-refractivity contribution in [3.63, 3.8) is 0 Å². The first kappa shape index (κ1) is 22.0. The van der Waals surface area contributed by atoms with Crippen LogP contribution in [0.25, 0.3) is 6.08 Å². The zero-order valence-electron chi connectivity index (χ0n) is 18.0. The van der Waals surface area contributed by atoms with Crippen LogP contribution in [-0.2, 0) is 9.59 Å². The van der Waals surface area contributed by atoms with Crippen molar-refractivity contribution in [2.24, 2.45) is 0 Å². The van der Waals surface area contributed by atoms with E-state index in [2.05, 4.69) is 45.7 Å². The molecule has 2 heterocycles. The Morgan fingerprint density at radius 1 is 1.10 bits per heavy atom. The molecule has 1 saturated carbocycles. The molecule has 2 fully saturated rings. The number of nitrogens with one attached hydrogen (secondary N) is 1. The average molecular weight is 500 g/mol. The largest absolute Gasteiger partial charge is 0.346 e. The predicted octanol–water partition coefficient (Wildman–Crippen LogP) is 5.51. The van der Waals surface area contributed by atoms with Gasteiger partial charge < -0.3 is 4.57 Å². The number of aromatic nitrogens is 1. The molecule has 31 heavy (non-hydrogen) atoms. The second kappa shape index (κ2) is 8.71. The molecular formula is C24H26BrN3O2S. The molecule has 0 unspecified atom stereocenters. The van der Waals surface area contributed by atoms with Crippen LogP contribution in [0.2, 0.25) is 0 Å². The quantitative estimate of drug-likeness (QED) is 0.344. The van der Waals surface area contributed by atoms with Crippen LogP contribution in [0.5, 0.6) is 0 Å². The number of hydrogen-bond acceptors (Lipinski definition) is 3. The summed E-state index contributed by atoms with van der Waals surface area (Å²) in [7, 11) is 0. The third kappa shape index (κ3) is 4.13. The number of carbonyl (C=O) groups is 2. The van der Waals surface area contributed by atoms with E-state index in [0.717, 1.165) is 27.0 Å². The van der Waals surface area contributed by atoms with Crippen LogP contribution < -0.4 is 10.2 Å². The number of rotatable bonds is 3. The molecule has 0 spiro atoms. The standard InChI is InChI=1S/C24H26BrN3O2S/c1-14-11-18(25)9-10-21(14)28-23(30)20(22(29)26-24(28)31)13-17-12-15(2)27(16(17)3)19-7-5-4-6-8-19/h9-13,19H,4-8H2,1-3H3,(H,26,29,31)/b20-13+. The number of aryl methyl sites for hydroxylation is 2. The van der Waals surface area contributed by atoms with Crippen LogP contribution in [-0.4, -0.2) is 21.5 Å². The molecule has 0 bridgehead atoms. The maximum Gasteiger partial charge on any atom is 0.270 e. The van der Waals surface area contributed by atoms with Crippen molar-refractivity contribution in [3.05, 3.63) is 56.8 Å². The van der Waals surface area contributed by atoms with E-state index in [9.17, 15) is 9.59 Å². The maximum absolute atomic E-state index is 13.4. The van der Waals surface area contributed by atoms with Crippen molar-refractivity contribution in [1.29, 1.82) is 0 Å². The van der Waals surface area contributed by atoms with Crippen LogP contribution in [0, 0.1) is 20.8 Å². The number of carbonyl (C=O) groups excluding carboxylic acids is 2. The van der Waals surface area contributed by atoms with Gasteiger partial charge in [-0.25, -0.2) is 0 Å². The number of halogens is 1. The third-order valence-corrected chi connectivity index (χ3v) is 7.04. The van der Waals surface area contributed by atoms with Crippen LogP contribution >= 0.6 is 28.1 Å². The van der Waals surface area contributed by atoms with E-state index < -0.39 is 11.8 Å². The molecule has 7 heteroatoms. The molecule has 0 radical (unpaired) electrons. The molecular weight excluding hydrogens is 474 g/mol. The SMILES string of the molecule is Cc1cc(Br)ccc1N1C(=O)/C(=C/c2cc(C)n(C3CCCCC3)c2C)C(=O)NC1=S. The predicted molar refractivity (Wildman–Crippen MR) is 131 cm³/mol. The molecule has 4 rings (SSSR count). The average Bonchev–Trinajstić information content (AvgIpc) is 3.00. The number of amides is 2. The zero-order valence-corrected chi connectivity index (χ0v) is 20.4. The lowest BCUT2D eigenvalue weighted by atomic mass is 9.95. The Labute approximate surface area is 196 Å². The van der Waals surface area contributed by atoms with Gasteiger partial charge in [-0.1, -0.05) is 35.2 Å². The fraction of sp³-hybridized carbons (Fsp3) is 0.375. The van der Waals surface area contributed by atoms with E-state index in [1.54, 1.807) is 6.08 Å². The first-order valence-electron chi connectivity index (χ1n) is 10.6. The Morgan fingerprint density at radius 3 is 2.48 bits per heavy atom. The van der Waals surface area contributed by atoms with Crippen molar-refractivity contribution in [2.45, 2.75) is 58.9 Å². The van der Waals surface area contributed by atoms with E-state index in [1.807, 2.05) is 25.1 Å². The van der Waals surface area contributed by atoms with Crippen molar-refractivity contribution in [3.8, 4) is 0 Å². The monoisotopic (exact) mass is 499 g/mol. The summed E-state index contributed by atoms with van der Waals surface area (Å²) in [6.45, 7) is 6.08. The molecule has 1 aromatic heterocycles. The van der Waals surface area contributed by atoms with Gasteiger partial charge in [-0.05, 0) is 87.3 Å². The lowest BCUT2D eigenvalue weighted by Crippen LogP contribution is -2.54. The first-order chi connectivity index (χ1) is 14.8. The molecule has 5 nitrogen and oxygen atoms in total. The summed E-state index contributed by atoms with van der Waals surface area (Å²) in [4.78, 5) is 27.5. The third-order valence-electron chi connectivity index (χ3n) is 6.26. The topological polar surface area (TPSA) is 54.3 Å². The fourth-order valence-corrected chi connectivity index (χ4v) is 5.50. The molecule has 1 N–H and O–H groups in total. The van der Waals surface area contributed by atoms with Gasteiger partial charge >= 0.3 is 0 Å². The summed E-state index contributed by atoms with van der Waals surface area (Å²) in [6.07, 6.45) is 7.86. The van der Waals surface area contributed by atoms with Crippen LogP contribution in [0.3, 0.4) is 0 Å². The Balaban J connectivity index is 1.72. The van der Waals surface area contributed by atoms with Gasteiger partial charge in [0.05, 0.1) is 5.69 Å². The molecule has 1 aromatic carbocycles. The highest BCUT2D eigenvalue weighted by atomic mass is 79.9. The van der Waals surface area contributed by atoms with Gasteiger partial charge in [0.25, 0.3) is 11.8 Å². The second-order valence-electron chi connectivity index (χ2n) is 8.38. The highest BCUT2D eigenvalue weighted by molar-refractivity contribution is 9.10. The normalized spacial score (nSPS) is 19.3. The van der Waals surface area contributed by atoms with Crippen LogP contribution in [0.1, 0.15) is 60.7 Å². The molecule has 2 aromatic rings. The van der Waals surface area contributed by atoms with Gasteiger partial charge in [0.2, 0.25) is 0 Å². The number of anilines is 1. The van der Waals surface area contributed by atoms with E-state index in [-0.39, 0.29) is 10.7 Å². The molecule has 1 aliphatic carbocycles. The van der Waals surface area contributed by atoms with Gasteiger partial charge in [-0.2, -0.15) is 0 Å². The highest BCUT2D eigenvalue weighted by Gasteiger charge is 2.35. The Kier molecular flexibility index (Phi) is 6.17. The van der Waals surface area contributed by atoms with E-state index in [0.29, 0.717) is 11.7 Å². The minimum Gasteiger partial charge on any atom is -0.346 e. The lowest BCUT2D eigenvalue weighted by molar-refractivity contribution is -0.122. The van der Waals surface area contributed by atoms with E-state index >= 15 is 0 Å². The fourth-order valence-electron chi connectivity index (χ4n) is 4.75. The van der Waals surface area contributed by atoms with Gasteiger partial charge in [-0.15, -0.1) is 0 Å². The van der Waals surface area contributed by atoms with Crippen molar-refractivity contribution < 1.29 is 9.59 Å². The smallest absolute Gasteiger partial charge is 0.270 e. The zero-order chi connectivity index (χ0) is 22.3. The Hall–Kier alpha value is -2.25. The highest BCUT2D eigenvalue weighted by Crippen LogP contribution is 2.33. The summed E-state index contributed by atoms with van der Waals surface area (Å²) >= 11 is 8.79. The minimum absolute atomic E-state index is 0.0970. The van der Waals surface area contributed by atoms with Crippen LogP contribution in [0.15, 0.2) is 34.3 Å². The van der Waals surface area contributed by atoms with Gasteiger partial charge in [0, 0.05) is 21.9 Å². The number of thiocarbonyl (C=S) groups is 1. The summed E-state index contributed by atoms with van der Waals surface area (Å²) in [6, 6.07) is 8.16. The van der Waals surface area contributed by atoms with Gasteiger partial charge in [0.1, 0.15) is 5.57 Å². The molecule has 0 atom stereocenters. The van der Waals surface area contributed by atoms with E-state index in [4.69, 9.17) is 12.2 Å². The number of hydrogen-bond donors (Lipinski definition) is 1. The number of benzene rings is 1. The molecule has 162 valence electrons. The molecule has 2 aliphatic rings.